The van der Waals surface area contributed by atoms with Crippen molar-refractivity contribution in [1.29, 1.82) is 0 Å². The fourth-order valence-corrected chi connectivity index (χ4v) is 4.05. The summed E-state index contributed by atoms with van der Waals surface area (Å²) in [4.78, 5) is 14.2. The molecular formula is C21H16O3S. The van der Waals surface area contributed by atoms with Gasteiger partial charge in [0.1, 0.15) is 11.5 Å². The molecule has 0 atom stereocenters. The summed E-state index contributed by atoms with van der Waals surface area (Å²) in [6.45, 7) is 2.52. The Morgan fingerprint density at radius 1 is 1.12 bits per heavy atom. The monoisotopic (exact) mass is 348 g/mol. The molecule has 0 bridgehead atoms. The number of carbonyl (C=O) groups excluding carboxylic acids is 1. The highest BCUT2D eigenvalue weighted by atomic mass is 32.2. The minimum atomic E-state index is -0.0182. The van der Waals surface area contributed by atoms with Crippen molar-refractivity contribution in [1.82, 2.24) is 0 Å². The fourth-order valence-electron chi connectivity index (χ4n) is 2.99. The Morgan fingerprint density at radius 2 is 1.96 bits per heavy atom. The highest BCUT2D eigenvalue weighted by Gasteiger charge is 2.26. The minimum absolute atomic E-state index is 0.0182. The lowest BCUT2D eigenvalue weighted by Gasteiger charge is -2.06. The third kappa shape index (κ3) is 2.79. The first kappa shape index (κ1) is 15.8. The largest absolute Gasteiger partial charge is 0.507 e. The van der Waals surface area contributed by atoms with Crippen LogP contribution in [0.5, 0.6) is 11.5 Å². The number of Topliss-reactive ketones (excluding diaryl/α,β-unsaturated/α-hetero) is 1. The molecular weight excluding hydrogens is 332 g/mol. The third-order valence-corrected chi connectivity index (χ3v) is 5.26. The van der Waals surface area contributed by atoms with E-state index in [0.29, 0.717) is 22.6 Å². The molecule has 1 N–H and O–H groups in total. The number of thioether (sulfide) groups is 1. The molecule has 0 saturated carbocycles. The number of carbonyl (C=O) groups is 1. The summed E-state index contributed by atoms with van der Waals surface area (Å²) in [5, 5.41) is 12.3. The summed E-state index contributed by atoms with van der Waals surface area (Å²) in [6, 6.07) is 16.9. The molecule has 1 aliphatic rings. The van der Waals surface area contributed by atoms with E-state index in [1.165, 1.54) is 11.8 Å². The number of hydrogen-bond donors (Lipinski definition) is 1. The zero-order chi connectivity index (χ0) is 17.4. The molecule has 0 unspecified atom stereocenters. The number of fused-ring (bicyclic) bond motifs is 2. The first-order valence-electron chi connectivity index (χ1n) is 8.09. The first-order chi connectivity index (χ1) is 12.2. The zero-order valence-corrected chi connectivity index (χ0v) is 14.5. The normalized spacial score (nSPS) is 14.9. The molecule has 0 radical (unpaired) electrons. The van der Waals surface area contributed by atoms with Crippen LogP contribution in [0.3, 0.4) is 0 Å². The van der Waals surface area contributed by atoms with Crippen molar-refractivity contribution in [2.24, 2.45) is 0 Å². The van der Waals surface area contributed by atoms with Crippen LogP contribution in [0.25, 0.3) is 16.8 Å². The van der Waals surface area contributed by atoms with Gasteiger partial charge in [-0.2, -0.15) is 0 Å². The van der Waals surface area contributed by atoms with Gasteiger partial charge in [0.25, 0.3) is 0 Å². The van der Waals surface area contributed by atoms with Crippen molar-refractivity contribution >= 4 is 34.4 Å². The van der Waals surface area contributed by atoms with Crippen LogP contribution in [-0.4, -0.2) is 17.5 Å². The Bertz CT molecular complexity index is 1020. The van der Waals surface area contributed by atoms with E-state index in [1.54, 1.807) is 18.2 Å². The Hall–Kier alpha value is -2.72. The molecule has 0 saturated heterocycles. The van der Waals surface area contributed by atoms with Gasteiger partial charge in [-0.15, -0.1) is 0 Å². The second-order valence-corrected chi connectivity index (χ2v) is 6.83. The number of hydrogen-bond acceptors (Lipinski definition) is 4. The zero-order valence-electron chi connectivity index (χ0n) is 13.7. The second-order valence-electron chi connectivity index (χ2n) is 5.75. The number of allylic oxidation sites excluding steroid dienone is 1. The molecule has 3 nitrogen and oxygen atoms in total. The SMILES string of the molecule is CCOc1ccc2c(c1)S/C(=C\c1c(O)ccc3ccccc13)C2=O. The van der Waals surface area contributed by atoms with Gasteiger partial charge < -0.3 is 9.84 Å². The van der Waals surface area contributed by atoms with Crippen molar-refractivity contribution in [3.05, 3.63) is 70.6 Å². The minimum Gasteiger partial charge on any atom is -0.507 e. The number of phenolic OH excluding ortho intramolecular Hbond substituents is 1. The average Bonchev–Trinajstić information content (AvgIpc) is 2.93. The number of benzene rings is 3. The highest BCUT2D eigenvalue weighted by molar-refractivity contribution is 8.04. The number of aromatic hydroxyl groups is 1. The number of phenols is 1. The summed E-state index contributed by atoms with van der Waals surface area (Å²) in [5.74, 6) is 0.914. The predicted octanol–water partition coefficient (Wildman–Crippen LogP) is 5.27. The molecule has 4 heteroatoms. The van der Waals surface area contributed by atoms with Crippen LogP contribution in [0, 0.1) is 0 Å². The van der Waals surface area contributed by atoms with Gasteiger partial charge in [0.15, 0.2) is 0 Å². The van der Waals surface area contributed by atoms with Crippen molar-refractivity contribution < 1.29 is 14.6 Å². The van der Waals surface area contributed by atoms with E-state index < -0.39 is 0 Å². The van der Waals surface area contributed by atoms with E-state index in [-0.39, 0.29) is 11.5 Å². The van der Waals surface area contributed by atoms with Crippen LogP contribution in [0.2, 0.25) is 0 Å². The van der Waals surface area contributed by atoms with Gasteiger partial charge in [-0.1, -0.05) is 42.1 Å². The fraction of sp³-hybridized carbons (Fsp3) is 0.0952. The molecule has 0 fully saturated rings. The summed E-state index contributed by atoms with van der Waals surface area (Å²) < 4.78 is 5.51. The van der Waals surface area contributed by atoms with Crippen molar-refractivity contribution in [2.75, 3.05) is 6.61 Å². The van der Waals surface area contributed by atoms with Gasteiger partial charge in [-0.05, 0) is 48.0 Å². The molecule has 0 amide bonds. The van der Waals surface area contributed by atoms with Gasteiger partial charge in [0.2, 0.25) is 5.78 Å². The van der Waals surface area contributed by atoms with Crippen LogP contribution < -0.4 is 4.74 Å². The average molecular weight is 348 g/mol. The van der Waals surface area contributed by atoms with Crippen molar-refractivity contribution in [2.45, 2.75) is 11.8 Å². The van der Waals surface area contributed by atoms with Gasteiger partial charge >= 0.3 is 0 Å². The molecule has 0 aromatic heterocycles. The van der Waals surface area contributed by atoms with Crippen molar-refractivity contribution in [3.8, 4) is 11.5 Å². The quantitative estimate of drug-likeness (QED) is 0.655. The molecule has 3 aromatic carbocycles. The van der Waals surface area contributed by atoms with Gasteiger partial charge in [0.05, 0.1) is 11.5 Å². The maximum absolute atomic E-state index is 12.7. The molecule has 124 valence electrons. The van der Waals surface area contributed by atoms with Crippen LogP contribution in [0.4, 0.5) is 0 Å². The molecule has 3 aromatic rings. The standard InChI is InChI=1S/C21H16O3S/c1-2-24-14-8-9-16-19(11-14)25-20(21(16)23)12-17-15-6-4-3-5-13(15)7-10-18(17)22/h3-12,22H,2H2,1H3/b20-12-. The molecule has 1 aliphatic heterocycles. The van der Waals surface area contributed by atoms with Crippen LogP contribution in [-0.2, 0) is 0 Å². The number of ether oxygens (including phenoxy) is 1. The second kappa shape index (κ2) is 6.30. The van der Waals surface area contributed by atoms with E-state index >= 15 is 0 Å². The number of rotatable bonds is 3. The highest BCUT2D eigenvalue weighted by Crippen LogP contribution is 2.43. The van der Waals surface area contributed by atoms with Crippen LogP contribution >= 0.6 is 11.8 Å². The first-order valence-corrected chi connectivity index (χ1v) is 8.91. The lowest BCUT2D eigenvalue weighted by atomic mass is 10.0. The molecule has 4 rings (SSSR count). The van der Waals surface area contributed by atoms with Crippen LogP contribution in [0.1, 0.15) is 22.8 Å². The predicted molar refractivity (Wildman–Crippen MR) is 101 cm³/mol. The summed E-state index contributed by atoms with van der Waals surface area (Å²) in [6.07, 6.45) is 1.78. The van der Waals surface area contributed by atoms with E-state index in [1.807, 2.05) is 49.4 Å². The molecule has 25 heavy (non-hydrogen) atoms. The van der Waals surface area contributed by atoms with Gasteiger partial charge in [0, 0.05) is 16.0 Å². The number of ketones is 1. The molecule has 0 aliphatic carbocycles. The summed E-state index contributed by atoms with van der Waals surface area (Å²) in [5.41, 5.74) is 1.35. The van der Waals surface area contributed by atoms with E-state index in [2.05, 4.69) is 0 Å². The molecule has 1 heterocycles. The molecule has 0 spiro atoms. The lowest BCUT2D eigenvalue weighted by molar-refractivity contribution is 0.104. The van der Waals surface area contributed by atoms with E-state index in [9.17, 15) is 9.90 Å². The maximum atomic E-state index is 12.7. The van der Waals surface area contributed by atoms with Crippen LogP contribution in [0.15, 0.2) is 64.4 Å². The Kier molecular flexibility index (Phi) is 3.98. The maximum Gasteiger partial charge on any atom is 0.200 e. The van der Waals surface area contributed by atoms with E-state index in [0.717, 1.165) is 21.4 Å². The Labute approximate surface area is 149 Å². The summed E-state index contributed by atoms with van der Waals surface area (Å²) in [7, 11) is 0. The smallest absolute Gasteiger partial charge is 0.200 e. The third-order valence-electron chi connectivity index (χ3n) is 4.18. The van der Waals surface area contributed by atoms with Gasteiger partial charge in [-0.25, -0.2) is 0 Å². The van der Waals surface area contributed by atoms with E-state index in [4.69, 9.17) is 4.74 Å². The Morgan fingerprint density at radius 3 is 2.80 bits per heavy atom. The van der Waals surface area contributed by atoms with Crippen molar-refractivity contribution in [3.63, 3.8) is 0 Å². The summed E-state index contributed by atoms with van der Waals surface area (Å²) >= 11 is 1.42. The Balaban J connectivity index is 1.79. The lowest BCUT2D eigenvalue weighted by Crippen LogP contribution is -1.96. The topological polar surface area (TPSA) is 46.5 Å². The van der Waals surface area contributed by atoms with Gasteiger partial charge in [-0.3, -0.25) is 4.79 Å².